The van der Waals surface area contributed by atoms with Gasteiger partial charge in [0.05, 0.1) is 6.04 Å². The first-order valence-corrected chi connectivity index (χ1v) is 6.86. The van der Waals surface area contributed by atoms with Gasteiger partial charge in [0.15, 0.2) is 5.78 Å². The molecule has 3 unspecified atom stereocenters. The summed E-state index contributed by atoms with van der Waals surface area (Å²) in [7, 11) is 0. The lowest BCUT2D eigenvalue weighted by Crippen LogP contribution is -2.41. The number of hydrogen-bond donors (Lipinski definition) is 3. The van der Waals surface area contributed by atoms with Crippen LogP contribution in [0.4, 0.5) is 0 Å². The second kappa shape index (κ2) is 7.57. The number of rotatable bonds is 8. The first-order chi connectivity index (χ1) is 8.97. The maximum Gasteiger partial charge on any atom is 0.320 e. The van der Waals surface area contributed by atoms with E-state index in [4.69, 9.17) is 21.3 Å². The van der Waals surface area contributed by atoms with E-state index < -0.39 is 18.1 Å². The Morgan fingerprint density at radius 1 is 1.32 bits per heavy atom. The van der Waals surface area contributed by atoms with Crippen LogP contribution < -0.4 is 11.5 Å². The highest BCUT2D eigenvalue weighted by atomic mass is 16.5. The van der Waals surface area contributed by atoms with E-state index >= 15 is 0 Å². The molecule has 0 radical (unpaired) electrons. The highest BCUT2D eigenvalue weighted by Crippen LogP contribution is 2.25. The predicted octanol–water partition coefficient (Wildman–Crippen LogP) is 0.280. The van der Waals surface area contributed by atoms with E-state index in [-0.39, 0.29) is 17.8 Å². The van der Waals surface area contributed by atoms with Crippen LogP contribution in [0, 0.1) is 5.92 Å². The van der Waals surface area contributed by atoms with Gasteiger partial charge in [0.1, 0.15) is 12.1 Å². The fourth-order valence-electron chi connectivity index (χ4n) is 2.40. The molecule has 0 spiro atoms. The van der Waals surface area contributed by atoms with Crippen molar-refractivity contribution >= 4 is 11.8 Å². The molecule has 19 heavy (non-hydrogen) atoms. The number of hydrogen-bond acceptors (Lipinski definition) is 5. The van der Waals surface area contributed by atoms with Gasteiger partial charge in [-0.25, -0.2) is 0 Å². The fraction of sp³-hybridized carbons (Fsp3) is 0.846. The molecule has 6 nitrogen and oxygen atoms in total. The third-order valence-electron chi connectivity index (χ3n) is 3.73. The minimum absolute atomic E-state index is 0.0618. The van der Waals surface area contributed by atoms with Gasteiger partial charge >= 0.3 is 5.97 Å². The quantitative estimate of drug-likeness (QED) is 0.584. The van der Waals surface area contributed by atoms with Crippen molar-refractivity contribution in [3.63, 3.8) is 0 Å². The third-order valence-corrected chi connectivity index (χ3v) is 3.73. The minimum Gasteiger partial charge on any atom is -0.480 e. The van der Waals surface area contributed by atoms with Crippen molar-refractivity contribution < 1.29 is 19.4 Å². The average Bonchev–Trinajstić information content (AvgIpc) is 2.85. The summed E-state index contributed by atoms with van der Waals surface area (Å²) in [5.41, 5.74) is 11.3. The smallest absolute Gasteiger partial charge is 0.320 e. The van der Waals surface area contributed by atoms with E-state index in [0.29, 0.717) is 25.9 Å². The molecule has 5 N–H and O–H groups in total. The Kier molecular flexibility index (Phi) is 6.41. The molecule has 0 saturated carbocycles. The van der Waals surface area contributed by atoms with Crippen LogP contribution in [-0.4, -0.2) is 41.7 Å². The van der Waals surface area contributed by atoms with E-state index in [2.05, 4.69) is 0 Å². The number of carboxylic acid groups (broad SMARTS) is 1. The Bertz CT molecular complexity index is 322. The largest absolute Gasteiger partial charge is 0.480 e. The van der Waals surface area contributed by atoms with Gasteiger partial charge in [0, 0.05) is 6.61 Å². The molecule has 1 heterocycles. The molecule has 0 amide bonds. The van der Waals surface area contributed by atoms with Crippen molar-refractivity contribution in [3.05, 3.63) is 0 Å². The monoisotopic (exact) mass is 272 g/mol. The Morgan fingerprint density at radius 3 is 2.53 bits per heavy atom. The molecule has 6 heteroatoms. The first-order valence-electron chi connectivity index (χ1n) is 6.86. The molecule has 1 saturated heterocycles. The van der Waals surface area contributed by atoms with E-state index in [9.17, 15) is 9.59 Å². The molecule has 1 aliphatic heterocycles. The average molecular weight is 272 g/mol. The van der Waals surface area contributed by atoms with Gasteiger partial charge in [-0.1, -0.05) is 13.3 Å². The summed E-state index contributed by atoms with van der Waals surface area (Å²) in [6.45, 7) is 2.66. The minimum atomic E-state index is -1.02. The van der Waals surface area contributed by atoms with E-state index in [1.54, 1.807) is 0 Å². The molecule has 0 aromatic carbocycles. The molecule has 0 aliphatic carbocycles. The number of Topliss-reactive ketones (excluding diaryl/α,β-unsaturated/α-hetero) is 1. The fourth-order valence-corrected chi connectivity index (χ4v) is 2.40. The Labute approximate surface area is 113 Å². The molecule has 1 rings (SSSR count). The first kappa shape index (κ1) is 16.1. The molecule has 1 aliphatic rings. The van der Waals surface area contributed by atoms with Gasteiger partial charge in [-0.3, -0.25) is 9.59 Å². The Hall–Kier alpha value is -0.980. The van der Waals surface area contributed by atoms with Crippen LogP contribution in [0.1, 0.15) is 39.0 Å². The third kappa shape index (κ3) is 4.56. The normalized spacial score (nSPS) is 26.1. The summed E-state index contributed by atoms with van der Waals surface area (Å²) in [4.78, 5) is 22.7. The van der Waals surface area contributed by atoms with Crippen molar-refractivity contribution in [2.24, 2.45) is 17.4 Å². The Balaban J connectivity index is 2.34. The lowest BCUT2D eigenvalue weighted by Gasteiger charge is -2.20. The van der Waals surface area contributed by atoms with Crippen molar-refractivity contribution in [1.82, 2.24) is 0 Å². The van der Waals surface area contributed by atoms with Crippen LogP contribution in [0.15, 0.2) is 0 Å². The summed E-state index contributed by atoms with van der Waals surface area (Å²) < 4.78 is 5.46. The van der Waals surface area contributed by atoms with Crippen LogP contribution in [0.2, 0.25) is 0 Å². The van der Waals surface area contributed by atoms with Gasteiger partial charge in [0.25, 0.3) is 0 Å². The van der Waals surface area contributed by atoms with Crippen LogP contribution in [0.3, 0.4) is 0 Å². The summed E-state index contributed by atoms with van der Waals surface area (Å²) in [5, 5.41) is 8.65. The number of carboxylic acids is 1. The van der Waals surface area contributed by atoms with Crippen LogP contribution >= 0.6 is 0 Å². The van der Waals surface area contributed by atoms with E-state index in [1.807, 2.05) is 6.92 Å². The molecule has 4 atom stereocenters. The van der Waals surface area contributed by atoms with Crippen molar-refractivity contribution in [2.75, 3.05) is 6.61 Å². The maximum absolute atomic E-state index is 12.1. The zero-order chi connectivity index (χ0) is 14.4. The zero-order valence-corrected chi connectivity index (χ0v) is 11.4. The zero-order valence-electron chi connectivity index (χ0n) is 11.4. The number of nitrogens with two attached hydrogens (primary N) is 2. The standard InChI is InChI=1S/C13H24N2O4/c1-2-8-6-7-19-12(8)11(16)9(14)4-3-5-10(15)13(17)18/h8-10,12H,2-7,14-15H2,1H3,(H,17,18)/t8?,9?,10-,12?/m0/s1. The number of ether oxygens (including phenoxy) is 1. The summed E-state index contributed by atoms with van der Waals surface area (Å²) >= 11 is 0. The maximum atomic E-state index is 12.1. The van der Waals surface area contributed by atoms with Crippen LogP contribution in [-0.2, 0) is 14.3 Å². The van der Waals surface area contributed by atoms with Gasteiger partial charge < -0.3 is 21.3 Å². The van der Waals surface area contributed by atoms with Gasteiger partial charge in [-0.05, 0) is 31.6 Å². The van der Waals surface area contributed by atoms with Gasteiger partial charge in [-0.15, -0.1) is 0 Å². The van der Waals surface area contributed by atoms with Crippen molar-refractivity contribution in [2.45, 2.75) is 57.2 Å². The Morgan fingerprint density at radius 2 is 1.95 bits per heavy atom. The lowest BCUT2D eigenvalue weighted by molar-refractivity contribution is -0.138. The molecular weight excluding hydrogens is 248 g/mol. The van der Waals surface area contributed by atoms with Crippen molar-refractivity contribution in [1.29, 1.82) is 0 Å². The number of carbonyl (C=O) groups excluding carboxylic acids is 1. The SMILES string of the molecule is CCC1CCOC1C(=O)C(N)CCC[C@H](N)C(=O)O. The van der Waals surface area contributed by atoms with Crippen LogP contribution in [0.5, 0.6) is 0 Å². The highest BCUT2D eigenvalue weighted by molar-refractivity contribution is 5.88. The summed E-state index contributed by atoms with van der Waals surface area (Å²) in [6, 6.07) is -1.47. The molecule has 1 fully saturated rings. The predicted molar refractivity (Wildman–Crippen MR) is 70.6 cm³/mol. The van der Waals surface area contributed by atoms with Crippen molar-refractivity contribution in [3.8, 4) is 0 Å². The number of carbonyl (C=O) groups is 2. The second-order valence-electron chi connectivity index (χ2n) is 5.13. The molecule has 0 bridgehead atoms. The molecule has 0 aromatic heterocycles. The van der Waals surface area contributed by atoms with Gasteiger partial charge in [0.2, 0.25) is 0 Å². The lowest BCUT2D eigenvalue weighted by atomic mass is 9.91. The molecule has 110 valence electrons. The topological polar surface area (TPSA) is 116 Å². The summed E-state index contributed by atoms with van der Waals surface area (Å²) in [5.74, 6) is -0.821. The summed E-state index contributed by atoms with van der Waals surface area (Å²) in [6.07, 6.45) is 2.75. The molecular formula is C13H24N2O4. The number of ketones is 1. The van der Waals surface area contributed by atoms with Crippen LogP contribution in [0.25, 0.3) is 0 Å². The number of aliphatic carboxylic acids is 1. The van der Waals surface area contributed by atoms with E-state index in [0.717, 1.165) is 12.8 Å². The van der Waals surface area contributed by atoms with Gasteiger partial charge in [-0.2, -0.15) is 0 Å². The van der Waals surface area contributed by atoms with E-state index in [1.165, 1.54) is 0 Å². The second-order valence-corrected chi connectivity index (χ2v) is 5.13. The highest BCUT2D eigenvalue weighted by Gasteiger charge is 2.35. The molecule has 0 aromatic rings.